The molecule has 0 atom stereocenters. The molecule has 3 N–H and O–H groups in total. The second-order valence-electron chi connectivity index (χ2n) is 11.1. The van der Waals surface area contributed by atoms with Crippen molar-refractivity contribution in [2.24, 2.45) is 0 Å². The van der Waals surface area contributed by atoms with Gasteiger partial charge in [-0.15, -0.1) is 0 Å². The van der Waals surface area contributed by atoms with Crippen LogP contribution < -0.4 is 15.5 Å². The second-order valence-corrected chi connectivity index (χ2v) is 11.1. The lowest BCUT2D eigenvalue weighted by Gasteiger charge is -2.30. The van der Waals surface area contributed by atoms with Crippen molar-refractivity contribution in [2.45, 2.75) is 32.3 Å². The number of nitrogens with zero attached hydrogens (tertiary/aromatic N) is 2. The van der Waals surface area contributed by atoms with E-state index in [1.165, 1.54) is 7.11 Å². The fourth-order valence-corrected chi connectivity index (χ4v) is 5.90. The molecule has 0 bridgehead atoms. The highest BCUT2D eigenvalue weighted by Crippen LogP contribution is 2.39. The molecular formula is C33H34N4O5. The van der Waals surface area contributed by atoms with Crippen LogP contribution >= 0.6 is 0 Å². The first-order chi connectivity index (χ1) is 20.3. The van der Waals surface area contributed by atoms with E-state index in [-0.39, 0.29) is 17.9 Å². The predicted molar refractivity (Wildman–Crippen MR) is 162 cm³/mol. The molecule has 1 fully saturated rings. The predicted octanol–water partition coefficient (Wildman–Crippen LogP) is 4.06. The summed E-state index contributed by atoms with van der Waals surface area (Å²) in [7, 11) is 1.32. The average Bonchev–Trinajstić information content (AvgIpc) is 3.56. The maximum atomic E-state index is 13.4. The van der Waals surface area contributed by atoms with Gasteiger partial charge in [0.1, 0.15) is 0 Å². The highest BCUT2D eigenvalue weighted by Gasteiger charge is 2.31. The first-order valence-electron chi connectivity index (χ1n) is 14.3. The zero-order valence-corrected chi connectivity index (χ0v) is 23.8. The summed E-state index contributed by atoms with van der Waals surface area (Å²) in [5.41, 5.74) is 7.46. The maximum absolute atomic E-state index is 13.4. The lowest BCUT2D eigenvalue weighted by molar-refractivity contribution is -0.120. The molecule has 0 aromatic heterocycles. The van der Waals surface area contributed by atoms with Gasteiger partial charge in [0.05, 0.1) is 42.3 Å². The Morgan fingerprint density at radius 2 is 1.74 bits per heavy atom. The number of aryl methyl sites for hydroxylation is 1. The van der Waals surface area contributed by atoms with Crippen molar-refractivity contribution in [3.8, 4) is 0 Å². The minimum atomic E-state index is -0.471. The number of rotatable bonds is 6. The first kappa shape index (κ1) is 27.7. The van der Waals surface area contributed by atoms with Crippen LogP contribution in [-0.2, 0) is 20.7 Å². The van der Waals surface area contributed by atoms with E-state index in [9.17, 15) is 19.5 Å². The molecule has 3 aliphatic heterocycles. The van der Waals surface area contributed by atoms with Crippen LogP contribution in [0.25, 0.3) is 11.3 Å². The van der Waals surface area contributed by atoms with Crippen LogP contribution in [0.1, 0.15) is 45.5 Å². The monoisotopic (exact) mass is 566 g/mol. The number of hydrogen-bond acceptors (Lipinski definition) is 7. The number of esters is 1. The van der Waals surface area contributed by atoms with E-state index in [4.69, 9.17) is 4.74 Å². The van der Waals surface area contributed by atoms with Gasteiger partial charge in [-0.2, -0.15) is 0 Å². The molecule has 3 aromatic carbocycles. The highest BCUT2D eigenvalue weighted by molar-refractivity contribution is 6.37. The maximum Gasteiger partial charge on any atom is 0.337 e. The number of benzene rings is 3. The van der Waals surface area contributed by atoms with Crippen LogP contribution in [0, 0.1) is 6.92 Å². The third kappa shape index (κ3) is 5.41. The Kier molecular flexibility index (Phi) is 7.53. The molecule has 0 saturated carbocycles. The number of amides is 2. The topological polar surface area (TPSA) is 111 Å². The Bertz CT molecular complexity index is 1590. The molecular weight excluding hydrogens is 532 g/mol. The number of methoxy groups -OCH3 is 1. The number of aliphatic hydroxyl groups is 1. The number of anilines is 3. The van der Waals surface area contributed by atoms with Crippen molar-refractivity contribution in [1.82, 2.24) is 4.90 Å². The summed E-state index contributed by atoms with van der Waals surface area (Å²) in [6.45, 7) is 4.44. The van der Waals surface area contributed by atoms with Crippen molar-refractivity contribution >= 4 is 46.1 Å². The first-order valence-corrected chi connectivity index (χ1v) is 14.3. The zero-order chi connectivity index (χ0) is 29.4. The SMILES string of the molecule is COC(=O)c1ccc2c(c1)NC(=O)/C2=C(\Nc1ccc2c(c1)CCN2C(=O)CN1CCC(O)CC1)c1ccc(C)cc1. The van der Waals surface area contributed by atoms with E-state index in [0.717, 1.165) is 47.6 Å². The normalized spacial score (nSPS) is 17.9. The molecule has 0 aliphatic carbocycles. The van der Waals surface area contributed by atoms with Crippen LogP contribution in [0.2, 0.25) is 0 Å². The van der Waals surface area contributed by atoms with Crippen LogP contribution in [0.5, 0.6) is 0 Å². The molecule has 0 spiro atoms. The number of piperidine rings is 1. The molecule has 1 saturated heterocycles. The Hall–Kier alpha value is -4.47. The standard InChI is InChI=1S/C33H34N4O5/c1-20-3-5-21(6-4-20)31(30-26-9-7-23(33(41)42-2)18-27(26)35-32(30)40)34-24-8-10-28-22(17-24)11-16-37(28)29(39)19-36-14-12-25(38)13-15-36/h3-10,17-18,25,34,38H,11-16,19H2,1-2H3,(H,35,40)/b31-30-. The molecule has 3 aromatic rings. The van der Waals surface area contributed by atoms with Crippen LogP contribution in [0.3, 0.4) is 0 Å². The van der Waals surface area contributed by atoms with Gasteiger partial charge in [-0.1, -0.05) is 35.9 Å². The second kappa shape index (κ2) is 11.4. The summed E-state index contributed by atoms with van der Waals surface area (Å²) in [6.07, 6.45) is 1.88. The molecule has 0 unspecified atom stereocenters. The summed E-state index contributed by atoms with van der Waals surface area (Å²) in [6, 6.07) is 19.0. The average molecular weight is 567 g/mol. The lowest BCUT2D eigenvalue weighted by Crippen LogP contribution is -2.43. The van der Waals surface area contributed by atoms with E-state index < -0.39 is 5.97 Å². The lowest BCUT2D eigenvalue weighted by atomic mass is 9.98. The molecule has 3 aliphatic rings. The van der Waals surface area contributed by atoms with Gasteiger partial charge in [0.25, 0.3) is 5.91 Å². The smallest absolute Gasteiger partial charge is 0.337 e. The van der Waals surface area contributed by atoms with E-state index in [1.54, 1.807) is 18.2 Å². The third-order valence-electron chi connectivity index (χ3n) is 8.24. The van der Waals surface area contributed by atoms with Gasteiger partial charge in [-0.3, -0.25) is 14.5 Å². The van der Waals surface area contributed by atoms with Crippen molar-refractivity contribution in [3.05, 3.63) is 88.5 Å². The Morgan fingerprint density at radius 3 is 2.48 bits per heavy atom. The largest absolute Gasteiger partial charge is 0.465 e. The molecule has 42 heavy (non-hydrogen) atoms. The number of carbonyl (C=O) groups is 3. The molecule has 9 nitrogen and oxygen atoms in total. The number of ether oxygens (including phenoxy) is 1. The fraction of sp³-hybridized carbons (Fsp3) is 0.303. The van der Waals surface area contributed by atoms with E-state index >= 15 is 0 Å². The van der Waals surface area contributed by atoms with E-state index in [2.05, 4.69) is 15.5 Å². The van der Waals surface area contributed by atoms with Gasteiger partial charge in [-0.05, 0) is 67.6 Å². The summed E-state index contributed by atoms with van der Waals surface area (Å²) in [5, 5.41) is 16.2. The molecule has 6 rings (SSSR count). The number of aliphatic hydroxyl groups excluding tert-OH is 1. The third-order valence-corrected chi connectivity index (χ3v) is 8.24. The number of carbonyl (C=O) groups excluding carboxylic acids is 3. The van der Waals surface area contributed by atoms with Gasteiger partial charge in [0.2, 0.25) is 5.91 Å². The molecule has 216 valence electrons. The van der Waals surface area contributed by atoms with Crippen molar-refractivity contribution < 1.29 is 24.2 Å². The quantitative estimate of drug-likeness (QED) is 0.305. The Morgan fingerprint density at radius 1 is 1.00 bits per heavy atom. The van der Waals surface area contributed by atoms with E-state index in [0.29, 0.717) is 54.0 Å². The number of nitrogens with one attached hydrogen (secondary N) is 2. The summed E-state index contributed by atoms with van der Waals surface area (Å²) < 4.78 is 4.85. The van der Waals surface area contributed by atoms with Gasteiger partial charge >= 0.3 is 5.97 Å². The molecule has 9 heteroatoms. The summed E-state index contributed by atoms with van der Waals surface area (Å²) in [5.74, 6) is -0.668. The number of likely N-dealkylation sites (tertiary alicyclic amines) is 1. The van der Waals surface area contributed by atoms with Crippen molar-refractivity contribution in [2.75, 3.05) is 48.8 Å². The van der Waals surface area contributed by atoms with Crippen molar-refractivity contribution in [1.29, 1.82) is 0 Å². The fourth-order valence-electron chi connectivity index (χ4n) is 5.90. The number of hydrogen-bond donors (Lipinski definition) is 3. The molecule has 2 amide bonds. The van der Waals surface area contributed by atoms with E-state index in [1.807, 2.05) is 54.3 Å². The van der Waals surface area contributed by atoms with Crippen LogP contribution in [-0.4, -0.2) is 67.2 Å². The van der Waals surface area contributed by atoms with Crippen molar-refractivity contribution in [3.63, 3.8) is 0 Å². The van der Waals surface area contributed by atoms with Gasteiger partial charge < -0.3 is 25.4 Å². The summed E-state index contributed by atoms with van der Waals surface area (Å²) >= 11 is 0. The van der Waals surface area contributed by atoms with Gasteiger partial charge in [0, 0.05) is 36.6 Å². The number of fused-ring (bicyclic) bond motifs is 2. The molecule has 0 radical (unpaired) electrons. The minimum Gasteiger partial charge on any atom is -0.465 e. The zero-order valence-electron chi connectivity index (χ0n) is 23.8. The Balaban J connectivity index is 1.30. The summed E-state index contributed by atoms with van der Waals surface area (Å²) in [4.78, 5) is 42.6. The highest BCUT2D eigenvalue weighted by atomic mass is 16.5. The molecule has 3 heterocycles. The van der Waals surface area contributed by atoms with Gasteiger partial charge in [-0.25, -0.2) is 4.79 Å². The van der Waals surface area contributed by atoms with Gasteiger partial charge in [0.15, 0.2) is 0 Å². The van der Waals surface area contributed by atoms with Crippen LogP contribution in [0.15, 0.2) is 60.7 Å². The van der Waals surface area contributed by atoms with Crippen LogP contribution in [0.4, 0.5) is 17.1 Å². The minimum absolute atomic E-state index is 0.0684. The Labute approximate surface area is 244 Å².